The van der Waals surface area contributed by atoms with E-state index in [9.17, 15) is 4.79 Å². The molecule has 148 valence electrons. The van der Waals surface area contributed by atoms with Gasteiger partial charge in [-0.05, 0) is 41.9 Å². The number of hydrogen-bond acceptors (Lipinski definition) is 5. The van der Waals surface area contributed by atoms with E-state index in [4.69, 9.17) is 26.0 Å². The zero-order valence-corrected chi connectivity index (χ0v) is 18.6. The first-order chi connectivity index (χ1) is 13.1. The maximum atomic E-state index is 11.4. The van der Waals surface area contributed by atoms with Gasteiger partial charge in [0, 0.05) is 23.0 Å². The van der Waals surface area contributed by atoms with Gasteiger partial charge < -0.3 is 9.16 Å². The Kier molecular flexibility index (Phi) is 6.99. The monoisotopic (exact) mass is 416 g/mol. The van der Waals surface area contributed by atoms with Crippen LogP contribution in [0.2, 0.25) is 23.2 Å². The first-order valence-corrected chi connectivity index (χ1v) is 12.2. The van der Waals surface area contributed by atoms with Gasteiger partial charge in [-0.15, -0.1) is 0 Å². The van der Waals surface area contributed by atoms with Crippen molar-refractivity contribution in [3.05, 3.63) is 57.9 Å². The number of hydrogen-bond donors (Lipinski definition) is 0. The molecule has 1 aromatic heterocycles. The Labute approximate surface area is 172 Å². The molecule has 0 atom stereocenters. The van der Waals surface area contributed by atoms with Crippen LogP contribution in [0.4, 0.5) is 0 Å². The molecule has 0 aliphatic rings. The average Bonchev–Trinajstić information content (AvgIpc) is 2.64. The number of nitriles is 1. The van der Waals surface area contributed by atoms with E-state index in [-0.39, 0.29) is 11.6 Å². The number of benzene rings is 1. The van der Waals surface area contributed by atoms with Crippen LogP contribution in [0, 0.1) is 11.3 Å². The number of carbonyl (C=O) groups excluding carboxylic acids is 1. The van der Waals surface area contributed by atoms with E-state index in [0.717, 1.165) is 11.1 Å². The van der Waals surface area contributed by atoms with E-state index < -0.39 is 8.32 Å². The third-order valence-corrected chi connectivity index (χ3v) is 9.85. The molecule has 0 bridgehead atoms. The molecule has 0 fully saturated rings. The standard InChI is InChI=1S/C21H25ClN2O3Si/c1-21(2,3)28(4,5)27-14-18-8-20(17(12-25)7-19(18)22)26-13-16-6-15(9-23)10-24-11-16/h6-8,10-12H,13-14H2,1-5H3. The molecule has 2 aromatic rings. The van der Waals surface area contributed by atoms with Gasteiger partial charge in [0.1, 0.15) is 18.4 Å². The maximum absolute atomic E-state index is 11.4. The molecular formula is C21H25ClN2O3Si. The fourth-order valence-electron chi connectivity index (χ4n) is 2.20. The first-order valence-electron chi connectivity index (χ1n) is 8.96. The highest BCUT2D eigenvalue weighted by Crippen LogP contribution is 2.38. The number of ether oxygens (including phenoxy) is 1. The van der Waals surface area contributed by atoms with E-state index in [1.54, 1.807) is 24.4 Å². The quantitative estimate of drug-likeness (QED) is 0.438. The normalized spacial score (nSPS) is 11.8. The Morgan fingerprint density at radius 1 is 1.21 bits per heavy atom. The summed E-state index contributed by atoms with van der Waals surface area (Å²) in [5, 5.41) is 9.53. The number of halogens is 1. The zero-order chi connectivity index (χ0) is 20.9. The molecule has 2 rings (SSSR count). The first kappa shape index (κ1) is 22.1. The van der Waals surface area contributed by atoms with Crippen LogP contribution in [0.1, 0.15) is 47.8 Å². The number of aldehydes is 1. The molecule has 5 nitrogen and oxygen atoms in total. The molecule has 0 saturated heterocycles. The molecule has 0 N–H and O–H groups in total. The Hall–Kier alpha value is -2.20. The molecule has 0 aliphatic carbocycles. The van der Waals surface area contributed by atoms with Crippen molar-refractivity contribution >= 4 is 26.2 Å². The second kappa shape index (κ2) is 8.87. The number of rotatable bonds is 7. The maximum Gasteiger partial charge on any atom is 0.192 e. The lowest BCUT2D eigenvalue weighted by atomic mass is 10.1. The fraction of sp³-hybridized carbons (Fsp3) is 0.381. The molecule has 0 saturated carbocycles. The molecule has 1 aromatic carbocycles. The second-order valence-corrected chi connectivity index (χ2v) is 13.3. The van der Waals surface area contributed by atoms with Crippen molar-refractivity contribution in [2.45, 2.75) is 52.1 Å². The average molecular weight is 417 g/mol. The highest BCUT2D eigenvalue weighted by Gasteiger charge is 2.37. The third-order valence-electron chi connectivity index (χ3n) is 5.02. The number of aromatic nitrogens is 1. The number of pyridine rings is 1. The lowest BCUT2D eigenvalue weighted by molar-refractivity contribution is 0.111. The summed E-state index contributed by atoms with van der Waals surface area (Å²) < 4.78 is 12.1. The largest absolute Gasteiger partial charge is 0.488 e. The van der Waals surface area contributed by atoms with Gasteiger partial charge in [0.15, 0.2) is 14.6 Å². The van der Waals surface area contributed by atoms with E-state index in [1.807, 2.05) is 6.07 Å². The highest BCUT2D eigenvalue weighted by atomic mass is 35.5. The van der Waals surface area contributed by atoms with E-state index >= 15 is 0 Å². The van der Waals surface area contributed by atoms with Crippen molar-refractivity contribution in [2.24, 2.45) is 0 Å². The molecular weight excluding hydrogens is 392 g/mol. The summed E-state index contributed by atoms with van der Waals surface area (Å²) in [4.78, 5) is 15.4. The van der Waals surface area contributed by atoms with Gasteiger partial charge in [-0.1, -0.05) is 32.4 Å². The fourth-order valence-corrected chi connectivity index (χ4v) is 3.38. The van der Waals surface area contributed by atoms with Gasteiger partial charge in [0.2, 0.25) is 0 Å². The minimum absolute atomic E-state index is 0.0836. The molecule has 0 unspecified atom stereocenters. The summed E-state index contributed by atoms with van der Waals surface area (Å²) in [7, 11) is -1.94. The van der Waals surface area contributed by atoms with Crippen LogP contribution in [0.25, 0.3) is 0 Å². The molecule has 28 heavy (non-hydrogen) atoms. The molecule has 7 heteroatoms. The van der Waals surface area contributed by atoms with Crippen LogP contribution >= 0.6 is 11.6 Å². The summed E-state index contributed by atoms with van der Waals surface area (Å²) in [6.45, 7) is 11.4. The Morgan fingerprint density at radius 3 is 2.54 bits per heavy atom. The summed E-state index contributed by atoms with van der Waals surface area (Å²) in [6.07, 6.45) is 3.82. The predicted octanol–water partition coefficient (Wildman–Crippen LogP) is 5.52. The Morgan fingerprint density at radius 2 is 1.93 bits per heavy atom. The number of nitrogens with zero attached hydrogens (tertiary/aromatic N) is 2. The zero-order valence-electron chi connectivity index (χ0n) is 16.9. The van der Waals surface area contributed by atoms with Gasteiger partial charge in [-0.3, -0.25) is 9.78 Å². The predicted molar refractivity (Wildman–Crippen MR) is 112 cm³/mol. The smallest absolute Gasteiger partial charge is 0.192 e. The van der Waals surface area contributed by atoms with Crippen LogP contribution < -0.4 is 4.74 Å². The van der Waals surface area contributed by atoms with Gasteiger partial charge >= 0.3 is 0 Å². The Balaban J connectivity index is 2.21. The molecule has 0 amide bonds. The highest BCUT2D eigenvalue weighted by molar-refractivity contribution is 6.74. The second-order valence-electron chi connectivity index (χ2n) is 8.13. The minimum Gasteiger partial charge on any atom is -0.488 e. The summed E-state index contributed by atoms with van der Waals surface area (Å²) in [5.74, 6) is 0.426. The van der Waals surface area contributed by atoms with Crippen LogP contribution in [-0.4, -0.2) is 19.6 Å². The van der Waals surface area contributed by atoms with Gasteiger partial charge in [0.05, 0.1) is 17.7 Å². The summed E-state index contributed by atoms with van der Waals surface area (Å²) in [5.41, 5.74) is 2.34. The van der Waals surface area contributed by atoms with Crippen molar-refractivity contribution in [3.8, 4) is 11.8 Å². The van der Waals surface area contributed by atoms with Crippen molar-refractivity contribution in [3.63, 3.8) is 0 Å². The topological polar surface area (TPSA) is 72.2 Å². The van der Waals surface area contributed by atoms with Crippen LogP contribution in [0.3, 0.4) is 0 Å². The lowest BCUT2D eigenvalue weighted by Gasteiger charge is -2.36. The molecule has 0 spiro atoms. The molecule has 1 heterocycles. The summed E-state index contributed by atoms with van der Waals surface area (Å²) >= 11 is 6.35. The van der Waals surface area contributed by atoms with E-state index in [2.05, 4.69) is 38.8 Å². The van der Waals surface area contributed by atoms with Crippen molar-refractivity contribution < 1.29 is 14.0 Å². The molecule has 0 radical (unpaired) electrons. The van der Waals surface area contributed by atoms with Crippen LogP contribution in [0.15, 0.2) is 30.6 Å². The molecule has 0 aliphatic heterocycles. The van der Waals surface area contributed by atoms with Crippen molar-refractivity contribution in [1.82, 2.24) is 4.98 Å². The van der Waals surface area contributed by atoms with Crippen LogP contribution in [0.5, 0.6) is 5.75 Å². The van der Waals surface area contributed by atoms with E-state index in [1.165, 1.54) is 6.20 Å². The van der Waals surface area contributed by atoms with Gasteiger partial charge in [-0.2, -0.15) is 5.26 Å². The lowest BCUT2D eigenvalue weighted by Crippen LogP contribution is -2.40. The van der Waals surface area contributed by atoms with Gasteiger partial charge in [-0.25, -0.2) is 0 Å². The summed E-state index contributed by atoms with van der Waals surface area (Å²) in [6, 6.07) is 7.09. The van der Waals surface area contributed by atoms with Gasteiger partial charge in [0.25, 0.3) is 0 Å². The Bertz CT molecular complexity index is 901. The third kappa shape index (κ3) is 5.41. The minimum atomic E-state index is -1.94. The van der Waals surface area contributed by atoms with E-state index in [0.29, 0.717) is 34.8 Å². The SMILES string of the molecule is CC(C)(C)[Si](C)(C)OCc1cc(OCc2cncc(C#N)c2)c(C=O)cc1Cl. The van der Waals surface area contributed by atoms with Crippen molar-refractivity contribution in [1.29, 1.82) is 5.26 Å². The van der Waals surface area contributed by atoms with Crippen molar-refractivity contribution in [2.75, 3.05) is 0 Å². The van der Waals surface area contributed by atoms with Crippen LogP contribution in [-0.2, 0) is 17.6 Å². The number of carbonyl (C=O) groups is 1.